The Kier molecular flexibility index (Phi) is 4.59. The van der Waals surface area contributed by atoms with Gasteiger partial charge < -0.3 is 20.6 Å². The van der Waals surface area contributed by atoms with Crippen LogP contribution in [0.1, 0.15) is 18.4 Å². The maximum absolute atomic E-state index is 10.8. The smallest absolute Gasteiger partial charge is 0.270 e. The minimum absolute atomic E-state index is 0.0212. The summed E-state index contributed by atoms with van der Waals surface area (Å²) in [5.74, 6) is 0.187. The largest absolute Gasteiger partial charge is 0.490 e. The number of rotatable bonds is 4. The van der Waals surface area contributed by atoms with Crippen molar-refractivity contribution in [3.05, 3.63) is 33.9 Å². The van der Waals surface area contributed by atoms with Gasteiger partial charge in [-0.05, 0) is 26.0 Å². The zero-order valence-corrected chi connectivity index (χ0v) is 11.7. The lowest BCUT2D eigenvalue weighted by Gasteiger charge is -2.29. The van der Waals surface area contributed by atoms with Gasteiger partial charge >= 0.3 is 0 Å². The van der Waals surface area contributed by atoms with Crippen LogP contribution in [0.15, 0.2) is 23.4 Å². The van der Waals surface area contributed by atoms with Gasteiger partial charge in [-0.3, -0.25) is 10.1 Å². The highest BCUT2D eigenvalue weighted by Gasteiger charge is 2.21. The van der Waals surface area contributed by atoms with Crippen molar-refractivity contribution < 1.29 is 14.9 Å². The lowest BCUT2D eigenvalue weighted by molar-refractivity contribution is -0.384. The van der Waals surface area contributed by atoms with Crippen LogP contribution in [0.2, 0.25) is 0 Å². The number of hydrogen-bond donors (Lipinski definition) is 2. The number of hydrogen-bond acceptors (Lipinski definition) is 6. The number of benzene rings is 1. The van der Waals surface area contributed by atoms with Gasteiger partial charge in [-0.1, -0.05) is 5.16 Å². The van der Waals surface area contributed by atoms with Crippen molar-refractivity contribution in [3.63, 3.8) is 0 Å². The summed E-state index contributed by atoms with van der Waals surface area (Å²) in [6.45, 7) is 1.85. The molecule has 1 aromatic carbocycles. The Labute approximate surface area is 121 Å². The van der Waals surface area contributed by atoms with Crippen LogP contribution in [-0.2, 0) is 0 Å². The number of nitrogens with two attached hydrogens (primary N) is 1. The maximum Gasteiger partial charge on any atom is 0.270 e. The molecule has 0 aliphatic carbocycles. The standard InChI is InChI=1S/C13H18N4O4/c1-16-6-4-10(5-7-16)21-12-3-2-9(17(19)20)8-11(12)13(14)15-18/h2-3,8,10,18H,4-7H2,1H3,(H2,14,15). The van der Waals surface area contributed by atoms with E-state index in [2.05, 4.69) is 10.1 Å². The zero-order valence-electron chi connectivity index (χ0n) is 11.7. The topological polar surface area (TPSA) is 114 Å². The Hall–Kier alpha value is -2.35. The van der Waals surface area contributed by atoms with E-state index in [1.807, 2.05) is 7.05 Å². The summed E-state index contributed by atoms with van der Waals surface area (Å²) >= 11 is 0. The summed E-state index contributed by atoms with van der Waals surface area (Å²) in [5, 5.41) is 22.5. The van der Waals surface area contributed by atoms with E-state index in [0.29, 0.717) is 5.75 Å². The molecule has 3 N–H and O–H groups in total. The fourth-order valence-corrected chi connectivity index (χ4v) is 2.27. The fraction of sp³-hybridized carbons (Fsp3) is 0.462. The Balaban J connectivity index is 2.23. The minimum Gasteiger partial charge on any atom is -0.490 e. The molecule has 1 fully saturated rings. The monoisotopic (exact) mass is 294 g/mol. The van der Waals surface area contributed by atoms with E-state index in [4.69, 9.17) is 15.7 Å². The van der Waals surface area contributed by atoms with Crippen molar-refractivity contribution >= 4 is 11.5 Å². The third-order valence-corrected chi connectivity index (χ3v) is 3.52. The Morgan fingerprint density at radius 2 is 2.19 bits per heavy atom. The van der Waals surface area contributed by atoms with Crippen LogP contribution in [-0.4, -0.2) is 47.1 Å². The SMILES string of the molecule is CN1CCC(Oc2ccc([N+](=O)[O-])cc2C(N)=NO)CC1. The predicted octanol–water partition coefficient (Wildman–Crippen LogP) is 1.16. The van der Waals surface area contributed by atoms with E-state index in [0.717, 1.165) is 25.9 Å². The molecule has 0 amide bonds. The molecule has 21 heavy (non-hydrogen) atoms. The van der Waals surface area contributed by atoms with E-state index in [-0.39, 0.29) is 23.2 Å². The first kappa shape index (κ1) is 15.0. The van der Waals surface area contributed by atoms with Gasteiger partial charge in [-0.25, -0.2) is 0 Å². The molecule has 1 heterocycles. The molecule has 0 atom stereocenters. The van der Waals surface area contributed by atoms with Crippen molar-refractivity contribution in [2.24, 2.45) is 10.9 Å². The Morgan fingerprint density at radius 3 is 2.76 bits per heavy atom. The average Bonchev–Trinajstić information content (AvgIpc) is 2.49. The van der Waals surface area contributed by atoms with Gasteiger partial charge in [0.25, 0.3) is 5.69 Å². The molecular weight excluding hydrogens is 276 g/mol. The highest BCUT2D eigenvalue weighted by atomic mass is 16.6. The minimum atomic E-state index is -0.534. The lowest BCUT2D eigenvalue weighted by Crippen LogP contribution is -2.36. The van der Waals surface area contributed by atoms with Crippen LogP contribution in [0.3, 0.4) is 0 Å². The van der Waals surface area contributed by atoms with Crippen LogP contribution in [0.25, 0.3) is 0 Å². The number of likely N-dealkylation sites (tertiary alicyclic amines) is 1. The van der Waals surface area contributed by atoms with E-state index >= 15 is 0 Å². The first-order chi connectivity index (χ1) is 10.0. The van der Waals surface area contributed by atoms with Gasteiger partial charge in [0.1, 0.15) is 11.9 Å². The van der Waals surface area contributed by atoms with Crippen LogP contribution in [0.4, 0.5) is 5.69 Å². The molecule has 0 radical (unpaired) electrons. The van der Waals surface area contributed by atoms with Crippen molar-refractivity contribution in [3.8, 4) is 5.75 Å². The van der Waals surface area contributed by atoms with Crippen LogP contribution in [0.5, 0.6) is 5.75 Å². The number of non-ortho nitro benzene ring substituents is 1. The highest BCUT2D eigenvalue weighted by molar-refractivity contribution is 6.00. The van der Waals surface area contributed by atoms with Gasteiger partial charge in [-0.15, -0.1) is 0 Å². The van der Waals surface area contributed by atoms with Crippen molar-refractivity contribution in [2.75, 3.05) is 20.1 Å². The molecular formula is C13H18N4O4. The third-order valence-electron chi connectivity index (χ3n) is 3.52. The van der Waals surface area contributed by atoms with Crippen LogP contribution >= 0.6 is 0 Å². The van der Waals surface area contributed by atoms with E-state index in [9.17, 15) is 10.1 Å². The number of nitro groups is 1. The summed E-state index contributed by atoms with van der Waals surface area (Å²) in [5.41, 5.74) is 5.68. The van der Waals surface area contributed by atoms with E-state index in [1.165, 1.54) is 18.2 Å². The molecule has 2 rings (SSSR count). The molecule has 8 nitrogen and oxygen atoms in total. The number of ether oxygens (including phenoxy) is 1. The first-order valence-corrected chi connectivity index (χ1v) is 6.63. The maximum atomic E-state index is 10.8. The quantitative estimate of drug-likeness (QED) is 0.283. The normalized spacial score (nSPS) is 17.7. The number of nitrogens with zero attached hydrogens (tertiary/aromatic N) is 3. The lowest BCUT2D eigenvalue weighted by atomic mass is 10.1. The summed E-state index contributed by atoms with van der Waals surface area (Å²) in [4.78, 5) is 12.5. The van der Waals surface area contributed by atoms with Gasteiger partial charge in [0.05, 0.1) is 10.5 Å². The van der Waals surface area contributed by atoms with Crippen LogP contribution in [0, 0.1) is 10.1 Å². The second-order valence-electron chi connectivity index (χ2n) is 5.04. The molecule has 1 aromatic rings. The summed E-state index contributed by atoms with van der Waals surface area (Å²) in [7, 11) is 2.05. The summed E-state index contributed by atoms with van der Waals surface area (Å²) in [6, 6.07) is 4.08. The first-order valence-electron chi connectivity index (χ1n) is 6.63. The molecule has 0 unspecified atom stereocenters. The van der Waals surface area contributed by atoms with Crippen molar-refractivity contribution in [1.82, 2.24) is 4.90 Å². The summed E-state index contributed by atoms with van der Waals surface area (Å²) in [6.07, 6.45) is 1.75. The molecule has 8 heteroatoms. The highest BCUT2D eigenvalue weighted by Crippen LogP contribution is 2.27. The number of nitro benzene ring substituents is 1. The molecule has 0 saturated carbocycles. The Bertz CT molecular complexity index is 553. The fourth-order valence-electron chi connectivity index (χ4n) is 2.27. The van der Waals surface area contributed by atoms with Crippen LogP contribution < -0.4 is 10.5 Å². The molecule has 1 saturated heterocycles. The van der Waals surface area contributed by atoms with E-state index in [1.54, 1.807) is 0 Å². The Morgan fingerprint density at radius 1 is 1.52 bits per heavy atom. The van der Waals surface area contributed by atoms with Gasteiger partial charge in [0, 0.05) is 25.2 Å². The molecule has 0 bridgehead atoms. The van der Waals surface area contributed by atoms with Gasteiger partial charge in [0.2, 0.25) is 0 Å². The van der Waals surface area contributed by atoms with E-state index < -0.39 is 4.92 Å². The molecule has 0 spiro atoms. The molecule has 0 aromatic heterocycles. The second-order valence-corrected chi connectivity index (χ2v) is 5.04. The summed E-state index contributed by atoms with van der Waals surface area (Å²) < 4.78 is 5.87. The average molecular weight is 294 g/mol. The number of oxime groups is 1. The van der Waals surface area contributed by atoms with Crippen molar-refractivity contribution in [1.29, 1.82) is 0 Å². The third kappa shape index (κ3) is 3.60. The number of piperidine rings is 1. The van der Waals surface area contributed by atoms with Gasteiger partial charge in [-0.2, -0.15) is 0 Å². The molecule has 114 valence electrons. The predicted molar refractivity (Wildman–Crippen MR) is 76.8 cm³/mol. The zero-order chi connectivity index (χ0) is 15.4. The van der Waals surface area contributed by atoms with Crippen molar-refractivity contribution in [2.45, 2.75) is 18.9 Å². The second kappa shape index (κ2) is 6.40. The molecule has 1 aliphatic rings. The van der Waals surface area contributed by atoms with Gasteiger partial charge in [0.15, 0.2) is 5.84 Å². The molecule has 1 aliphatic heterocycles. The number of amidine groups is 1.